The minimum Gasteiger partial charge on any atom is -0.497 e. The fourth-order valence-electron chi connectivity index (χ4n) is 1.93. The van der Waals surface area contributed by atoms with Crippen molar-refractivity contribution in [3.05, 3.63) is 54.1 Å². The van der Waals surface area contributed by atoms with E-state index in [0.29, 0.717) is 17.9 Å². The van der Waals surface area contributed by atoms with Gasteiger partial charge in [-0.05, 0) is 55.0 Å². The molecule has 0 atom stereocenters. The Kier molecular flexibility index (Phi) is 5.83. The van der Waals surface area contributed by atoms with E-state index in [1.54, 1.807) is 31.4 Å². The average molecular weight is 299 g/mol. The molecule has 0 radical (unpaired) electrons. The summed E-state index contributed by atoms with van der Waals surface area (Å²) in [5.41, 5.74) is 0.637. The lowest BCUT2D eigenvalue weighted by molar-refractivity contribution is 0.0953. The van der Waals surface area contributed by atoms with E-state index in [-0.39, 0.29) is 5.91 Å². The van der Waals surface area contributed by atoms with E-state index in [9.17, 15) is 4.79 Å². The van der Waals surface area contributed by atoms with E-state index >= 15 is 0 Å². The molecule has 0 aliphatic carbocycles. The zero-order valence-electron chi connectivity index (χ0n) is 13.0. The van der Waals surface area contributed by atoms with Crippen LogP contribution in [0.4, 0.5) is 0 Å². The number of methoxy groups -OCH3 is 1. The van der Waals surface area contributed by atoms with E-state index < -0.39 is 0 Å². The standard InChI is InChI=1S/C18H21NO3/c1-3-4-13-19-18(20)14-5-7-16(8-6-14)22-17-11-9-15(21-2)10-12-17/h5-12H,3-4,13H2,1-2H3,(H,19,20). The van der Waals surface area contributed by atoms with Gasteiger partial charge in [0, 0.05) is 12.1 Å². The first-order valence-electron chi connectivity index (χ1n) is 7.43. The fraction of sp³-hybridized carbons (Fsp3) is 0.278. The zero-order chi connectivity index (χ0) is 15.8. The molecule has 0 bridgehead atoms. The molecule has 0 aliphatic heterocycles. The van der Waals surface area contributed by atoms with Crippen molar-refractivity contribution in [1.82, 2.24) is 5.32 Å². The lowest BCUT2D eigenvalue weighted by Crippen LogP contribution is -2.24. The van der Waals surface area contributed by atoms with Crippen molar-refractivity contribution in [1.29, 1.82) is 0 Å². The predicted molar refractivity (Wildman–Crippen MR) is 86.8 cm³/mol. The van der Waals surface area contributed by atoms with Gasteiger partial charge in [-0.1, -0.05) is 13.3 Å². The molecule has 2 aromatic carbocycles. The molecule has 1 amide bonds. The quantitative estimate of drug-likeness (QED) is 0.786. The summed E-state index contributed by atoms with van der Waals surface area (Å²) in [6.45, 7) is 2.80. The summed E-state index contributed by atoms with van der Waals surface area (Å²) in [6, 6.07) is 14.5. The number of hydrogen-bond acceptors (Lipinski definition) is 3. The molecular weight excluding hydrogens is 278 g/mol. The molecule has 22 heavy (non-hydrogen) atoms. The van der Waals surface area contributed by atoms with Crippen LogP contribution in [0.2, 0.25) is 0 Å². The van der Waals surface area contributed by atoms with Crippen LogP contribution in [0.5, 0.6) is 17.2 Å². The van der Waals surface area contributed by atoms with Crippen LogP contribution < -0.4 is 14.8 Å². The summed E-state index contributed by atoms with van der Waals surface area (Å²) in [6.07, 6.45) is 2.05. The summed E-state index contributed by atoms with van der Waals surface area (Å²) in [7, 11) is 1.63. The first-order chi connectivity index (χ1) is 10.7. The van der Waals surface area contributed by atoms with Gasteiger partial charge in [-0.25, -0.2) is 0 Å². The van der Waals surface area contributed by atoms with Crippen LogP contribution in [-0.4, -0.2) is 19.6 Å². The molecule has 4 heteroatoms. The Labute approximate surface area is 131 Å². The highest BCUT2D eigenvalue weighted by atomic mass is 16.5. The predicted octanol–water partition coefficient (Wildman–Crippen LogP) is 4.02. The molecule has 0 saturated carbocycles. The maximum absolute atomic E-state index is 11.9. The van der Waals surface area contributed by atoms with Crippen LogP contribution in [0, 0.1) is 0 Å². The van der Waals surface area contributed by atoms with Crippen LogP contribution in [0.3, 0.4) is 0 Å². The Balaban J connectivity index is 1.94. The molecule has 1 N–H and O–H groups in total. The maximum atomic E-state index is 11.9. The summed E-state index contributed by atoms with van der Waals surface area (Å²) in [5, 5.41) is 2.89. The number of unbranched alkanes of at least 4 members (excludes halogenated alkanes) is 1. The molecule has 116 valence electrons. The third kappa shape index (κ3) is 4.52. The summed E-state index contributed by atoms with van der Waals surface area (Å²) in [5.74, 6) is 2.15. The minimum atomic E-state index is -0.0514. The van der Waals surface area contributed by atoms with Crippen LogP contribution in [-0.2, 0) is 0 Å². The lowest BCUT2D eigenvalue weighted by atomic mass is 10.2. The molecular formula is C18H21NO3. The van der Waals surface area contributed by atoms with Gasteiger partial charge in [-0.2, -0.15) is 0 Å². The van der Waals surface area contributed by atoms with Gasteiger partial charge >= 0.3 is 0 Å². The van der Waals surface area contributed by atoms with Crippen molar-refractivity contribution >= 4 is 5.91 Å². The number of rotatable bonds is 7. The van der Waals surface area contributed by atoms with E-state index in [1.807, 2.05) is 24.3 Å². The number of nitrogens with one attached hydrogen (secondary N) is 1. The van der Waals surface area contributed by atoms with E-state index in [1.165, 1.54) is 0 Å². The number of carbonyl (C=O) groups is 1. The molecule has 0 fully saturated rings. The molecule has 2 rings (SSSR count). The lowest BCUT2D eigenvalue weighted by Gasteiger charge is -2.08. The van der Waals surface area contributed by atoms with Gasteiger partial charge in [-0.15, -0.1) is 0 Å². The molecule has 0 aliphatic rings. The Morgan fingerprint density at radius 3 is 2.05 bits per heavy atom. The minimum absolute atomic E-state index is 0.0514. The van der Waals surface area contributed by atoms with Crippen LogP contribution in [0.1, 0.15) is 30.1 Å². The van der Waals surface area contributed by atoms with Crippen molar-refractivity contribution in [2.45, 2.75) is 19.8 Å². The molecule has 2 aromatic rings. The van der Waals surface area contributed by atoms with Gasteiger partial charge in [0.2, 0.25) is 0 Å². The molecule has 0 aromatic heterocycles. The molecule has 0 unspecified atom stereocenters. The fourth-order valence-corrected chi connectivity index (χ4v) is 1.93. The largest absolute Gasteiger partial charge is 0.497 e. The van der Waals surface area contributed by atoms with Crippen molar-refractivity contribution in [2.75, 3.05) is 13.7 Å². The van der Waals surface area contributed by atoms with Gasteiger partial charge in [0.05, 0.1) is 7.11 Å². The van der Waals surface area contributed by atoms with E-state index in [4.69, 9.17) is 9.47 Å². The van der Waals surface area contributed by atoms with Crippen molar-refractivity contribution in [3.63, 3.8) is 0 Å². The zero-order valence-corrected chi connectivity index (χ0v) is 13.0. The van der Waals surface area contributed by atoms with Gasteiger partial charge in [0.15, 0.2) is 0 Å². The maximum Gasteiger partial charge on any atom is 0.251 e. The normalized spacial score (nSPS) is 10.1. The van der Waals surface area contributed by atoms with Gasteiger partial charge in [0.25, 0.3) is 5.91 Å². The second-order valence-electron chi connectivity index (χ2n) is 4.91. The second-order valence-corrected chi connectivity index (χ2v) is 4.91. The Hall–Kier alpha value is -2.49. The number of benzene rings is 2. The third-order valence-electron chi connectivity index (χ3n) is 3.23. The van der Waals surface area contributed by atoms with Gasteiger partial charge < -0.3 is 14.8 Å². The number of carbonyl (C=O) groups excluding carboxylic acids is 1. The highest BCUT2D eigenvalue weighted by Crippen LogP contribution is 2.23. The molecule has 0 saturated heterocycles. The van der Waals surface area contributed by atoms with Crippen molar-refractivity contribution in [3.8, 4) is 17.2 Å². The molecule has 4 nitrogen and oxygen atoms in total. The van der Waals surface area contributed by atoms with Gasteiger partial charge in [0.1, 0.15) is 17.2 Å². The first-order valence-corrected chi connectivity index (χ1v) is 7.43. The Morgan fingerprint density at radius 2 is 1.50 bits per heavy atom. The molecule has 0 spiro atoms. The molecule has 0 heterocycles. The smallest absolute Gasteiger partial charge is 0.251 e. The SMILES string of the molecule is CCCCNC(=O)c1ccc(Oc2ccc(OC)cc2)cc1. The van der Waals surface area contributed by atoms with Crippen LogP contribution in [0.15, 0.2) is 48.5 Å². The van der Waals surface area contributed by atoms with Crippen molar-refractivity contribution < 1.29 is 14.3 Å². The summed E-state index contributed by atoms with van der Waals surface area (Å²) < 4.78 is 10.8. The van der Waals surface area contributed by atoms with Crippen molar-refractivity contribution in [2.24, 2.45) is 0 Å². The summed E-state index contributed by atoms with van der Waals surface area (Å²) >= 11 is 0. The third-order valence-corrected chi connectivity index (χ3v) is 3.23. The van der Waals surface area contributed by atoms with Crippen LogP contribution >= 0.6 is 0 Å². The van der Waals surface area contributed by atoms with Crippen LogP contribution in [0.25, 0.3) is 0 Å². The Morgan fingerprint density at radius 1 is 0.955 bits per heavy atom. The highest BCUT2D eigenvalue weighted by molar-refractivity contribution is 5.94. The second kappa shape index (κ2) is 8.08. The van der Waals surface area contributed by atoms with E-state index in [0.717, 1.165) is 24.3 Å². The van der Waals surface area contributed by atoms with Gasteiger partial charge in [-0.3, -0.25) is 4.79 Å². The average Bonchev–Trinajstić information content (AvgIpc) is 2.56. The van der Waals surface area contributed by atoms with E-state index in [2.05, 4.69) is 12.2 Å². The Bertz CT molecular complexity index is 591. The number of ether oxygens (including phenoxy) is 2. The summed E-state index contributed by atoms with van der Waals surface area (Å²) in [4.78, 5) is 11.9. The highest BCUT2D eigenvalue weighted by Gasteiger charge is 2.05. The monoisotopic (exact) mass is 299 g/mol. The topological polar surface area (TPSA) is 47.6 Å². The first kappa shape index (κ1) is 15.9. The number of hydrogen-bond donors (Lipinski definition) is 1. The number of amides is 1.